The predicted molar refractivity (Wildman–Crippen MR) is 98.3 cm³/mol. The number of H-pyrrole nitrogens is 2. The lowest BCUT2D eigenvalue weighted by atomic mass is 10.1. The number of imidazole rings is 1. The van der Waals surface area contributed by atoms with Crippen LogP contribution in [0.3, 0.4) is 0 Å². The van der Waals surface area contributed by atoms with Crippen molar-refractivity contribution in [3.05, 3.63) is 66.7 Å². The van der Waals surface area contributed by atoms with Crippen molar-refractivity contribution in [2.24, 2.45) is 0 Å². The SMILES string of the molecule is Oc1ccc(-c2ccc3nc(-c4n[nH]c5ccccc45)[nH]c3c2)cc1. The van der Waals surface area contributed by atoms with Crippen LogP contribution >= 0.6 is 0 Å². The Hall–Kier alpha value is -3.60. The summed E-state index contributed by atoms with van der Waals surface area (Å²) in [6, 6.07) is 21.3. The van der Waals surface area contributed by atoms with E-state index < -0.39 is 0 Å². The van der Waals surface area contributed by atoms with Gasteiger partial charge in [-0.05, 0) is 41.5 Å². The number of hydrogen-bond acceptors (Lipinski definition) is 3. The summed E-state index contributed by atoms with van der Waals surface area (Å²) >= 11 is 0. The lowest BCUT2D eigenvalue weighted by Gasteiger charge is -2.01. The molecule has 5 heteroatoms. The number of hydrogen-bond donors (Lipinski definition) is 3. The van der Waals surface area contributed by atoms with Gasteiger partial charge in [-0.1, -0.05) is 36.4 Å². The summed E-state index contributed by atoms with van der Waals surface area (Å²) in [5.41, 5.74) is 5.76. The van der Waals surface area contributed by atoms with E-state index in [2.05, 4.69) is 26.2 Å². The molecule has 0 aliphatic rings. The number of nitrogens with one attached hydrogen (secondary N) is 2. The first kappa shape index (κ1) is 13.8. The van der Waals surface area contributed by atoms with Crippen LogP contribution in [0.15, 0.2) is 66.7 Å². The molecule has 0 saturated carbocycles. The summed E-state index contributed by atoms with van der Waals surface area (Å²) < 4.78 is 0. The minimum absolute atomic E-state index is 0.263. The second kappa shape index (κ2) is 5.21. The summed E-state index contributed by atoms with van der Waals surface area (Å²) in [7, 11) is 0. The van der Waals surface area contributed by atoms with Gasteiger partial charge in [0.25, 0.3) is 0 Å². The Morgan fingerprint density at radius 1 is 0.800 bits per heavy atom. The highest BCUT2D eigenvalue weighted by molar-refractivity contribution is 5.93. The Labute approximate surface area is 143 Å². The van der Waals surface area contributed by atoms with Crippen LogP contribution in [0.5, 0.6) is 5.75 Å². The highest BCUT2D eigenvalue weighted by Crippen LogP contribution is 2.29. The van der Waals surface area contributed by atoms with Gasteiger partial charge >= 0.3 is 0 Å². The van der Waals surface area contributed by atoms with Gasteiger partial charge in [-0.2, -0.15) is 5.10 Å². The molecule has 0 spiro atoms. The molecular formula is C20H14N4O. The minimum atomic E-state index is 0.263. The minimum Gasteiger partial charge on any atom is -0.508 e. The number of rotatable bonds is 2. The van der Waals surface area contributed by atoms with Gasteiger partial charge in [-0.15, -0.1) is 0 Å². The molecule has 0 fully saturated rings. The first-order valence-corrected chi connectivity index (χ1v) is 8.00. The molecule has 5 rings (SSSR count). The number of benzene rings is 3. The smallest absolute Gasteiger partial charge is 0.159 e. The van der Waals surface area contributed by atoms with E-state index in [4.69, 9.17) is 0 Å². The second-order valence-electron chi connectivity index (χ2n) is 5.98. The average molecular weight is 326 g/mol. The maximum Gasteiger partial charge on any atom is 0.159 e. The number of nitrogens with zero attached hydrogens (tertiary/aromatic N) is 2. The highest BCUT2D eigenvalue weighted by Gasteiger charge is 2.12. The zero-order valence-electron chi connectivity index (χ0n) is 13.2. The van der Waals surface area contributed by atoms with E-state index in [-0.39, 0.29) is 5.75 Å². The van der Waals surface area contributed by atoms with Gasteiger partial charge in [-0.25, -0.2) is 4.98 Å². The van der Waals surface area contributed by atoms with Crippen molar-refractivity contribution in [1.29, 1.82) is 0 Å². The number of para-hydroxylation sites is 1. The molecule has 3 aromatic carbocycles. The van der Waals surface area contributed by atoms with Crippen molar-refractivity contribution in [3.63, 3.8) is 0 Å². The maximum absolute atomic E-state index is 9.44. The third-order valence-corrected chi connectivity index (χ3v) is 4.38. The first-order chi connectivity index (χ1) is 12.3. The molecule has 2 aromatic heterocycles. The molecule has 3 N–H and O–H groups in total. The van der Waals surface area contributed by atoms with Crippen molar-refractivity contribution in [1.82, 2.24) is 20.2 Å². The van der Waals surface area contributed by atoms with E-state index in [0.717, 1.165) is 44.6 Å². The molecule has 0 aliphatic heterocycles. The summed E-state index contributed by atoms with van der Waals surface area (Å²) in [5.74, 6) is 1.01. The Balaban J connectivity index is 1.63. The predicted octanol–water partition coefficient (Wildman–Crippen LogP) is 4.48. The van der Waals surface area contributed by atoms with Crippen molar-refractivity contribution in [3.8, 4) is 28.4 Å². The molecule has 25 heavy (non-hydrogen) atoms. The molecule has 120 valence electrons. The monoisotopic (exact) mass is 326 g/mol. The number of aromatic nitrogens is 4. The largest absolute Gasteiger partial charge is 0.508 e. The number of fused-ring (bicyclic) bond motifs is 2. The molecule has 0 amide bonds. The van der Waals surface area contributed by atoms with Crippen LogP contribution in [0.2, 0.25) is 0 Å². The van der Waals surface area contributed by atoms with Crippen LogP contribution in [0.1, 0.15) is 0 Å². The van der Waals surface area contributed by atoms with Crippen molar-refractivity contribution in [2.45, 2.75) is 0 Å². The van der Waals surface area contributed by atoms with Crippen molar-refractivity contribution in [2.75, 3.05) is 0 Å². The van der Waals surface area contributed by atoms with Crippen molar-refractivity contribution >= 4 is 21.9 Å². The Bertz CT molecular complexity index is 1200. The maximum atomic E-state index is 9.44. The number of aromatic amines is 2. The highest BCUT2D eigenvalue weighted by atomic mass is 16.3. The van der Waals surface area contributed by atoms with E-state index in [9.17, 15) is 5.11 Å². The summed E-state index contributed by atoms with van der Waals surface area (Å²) in [4.78, 5) is 8.04. The topological polar surface area (TPSA) is 77.6 Å². The lowest BCUT2D eigenvalue weighted by Crippen LogP contribution is -1.80. The normalized spacial score (nSPS) is 11.4. The summed E-state index contributed by atoms with van der Waals surface area (Å²) in [5, 5.41) is 17.9. The third kappa shape index (κ3) is 2.25. The van der Waals surface area contributed by atoms with E-state index >= 15 is 0 Å². The first-order valence-electron chi connectivity index (χ1n) is 8.00. The van der Waals surface area contributed by atoms with Crippen LogP contribution in [0.4, 0.5) is 0 Å². The second-order valence-corrected chi connectivity index (χ2v) is 5.98. The quantitative estimate of drug-likeness (QED) is 0.447. The fourth-order valence-electron chi connectivity index (χ4n) is 3.10. The Morgan fingerprint density at radius 2 is 1.60 bits per heavy atom. The van der Waals surface area contributed by atoms with Gasteiger partial charge in [-0.3, -0.25) is 5.10 Å². The van der Waals surface area contributed by atoms with Gasteiger partial charge in [0, 0.05) is 5.39 Å². The molecule has 5 nitrogen and oxygen atoms in total. The fraction of sp³-hybridized carbons (Fsp3) is 0. The molecule has 2 heterocycles. The molecular weight excluding hydrogens is 312 g/mol. The standard InChI is InChI=1S/C20H14N4O/c25-14-8-5-12(6-9-14)13-7-10-17-18(11-13)22-20(21-17)19-15-3-1-2-4-16(15)23-24-19/h1-11,25H,(H,21,22)(H,23,24). The molecule has 0 saturated heterocycles. The van der Waals surface area contributed by atoms with Gasteiger partial charge in [0.1, 0.15) is 11.4 Å². The van der Waals surface area contributed by atoms with E-state index in [0.29, 0.717) is 0 Å². The van der Waals surface area contributed by atoms with E-state index in [1.807, 2.05) is 48.5 Å². The molecule has 0 bridgehead atoms. The number of phenolic OH excluding ortho intramolecular Hbond substituents is 1. The van der Waals surface area contributed by atoms with Gasteiger partial charge in [0.2, 0.25) is 0 Å². The van der Waals surface area contributed by atoms with E-state index in [1.165, 1.54) is 0 Å². The fourth-order valence-corrected chi connectivity index (χ4v) is 3.10. The summed E-state index contributed by atoms with van der Waals surface area (Å²) in [6.45, 7) is 0. The molecule has 0 aliphatic carbocycles. The Kier molecular flexibility index (Phi) is 2.87. The Morgan fingerprint density at radius 3 is 2.48 bits per heavy atom. The molecule has 5 aromatic rings. The zero-order valence-corrected chi connectivity index (χ0v) is 13.2. The number of aromatic hydroxyl groups is 1. The van der Waals surface area contributed by atoms with Gasteiger partial charge in [0.05, 0.1) is 16.6 Å². The van der Waals surface area contributed by atoms with Crippen LogP contribution in [-0.4, -0.2) is 25.3 Å². The molecule has 0 atom stereocenters. The van der Waals surface area contributed by atoms with E-state index in [1.54, 1.807) is 12.1 Å². The number of phenols is 1. The molecule has 0 unspecified atom stereocenters. The van der Waals surface area contributed by atoms with Gasteiger partial charge in [0.15, 0.2) is 5.82 Å². The van der Waals surface area contributed by atoms with Crippen molar-refractivity contribution < 1.29 is 5.11 Å². The van der Waals surface area contributed by atoms with Crippen LogP contribution in [0.25, 0.3) is 44.6 Å². The lowest BCUT2D eigenvalue weighted by molar-refractivity contribution is 0.475. The molecule has 0 radical (unpaired) electrons. The average Bonchev–Trinajstić information content (AvgIpc) is 3.25. The zero-order chi connectivity index (χ0) is 16.8. The van der Waals surface area contributed by atoms with Crippen LogP contribution in [0, 0.1) is 0 Å². The third-order valence-electron chi connectivity index (χ3n) is 4.38. The van der Waals surface area contributed by atoms with Crippen LogP contribution < -0.4 is 0 Å². The van der Waals surface area contributed by atoms with Crippen LogP contribution in [-0.2, 0) is 0 Å². The summed E-state index contributed by atoms with van der Waals surface area (Å²) in [6.07, 6.45) is 0. The van der Waals surface area contributed by atoms with Gasteiger partial charge < -0.3 is 10.1 Å².